The first-order chi connectivity index (χ1) is 4.47. The molecule has 0 bridgehead atoms. The van der Waals surface area contributed by atoms with E-state index in [1.54, 1.807) is 0 Å². The summed E-state index contributed by atoms with van der Waals surface area (Å²) in [4.78, 5) is 0. The predicted molar refractivity (Wildman–Crippen MR) is 31.8 cm³/mol. The van der Waals surface area contributed by atoms with Gasteiger partial charge in [-0.05, 0) is 0 Å². The summed E-state index contributed by atoms with van der Waals surface area (Å²) < 4.78 is 10.6. The number of ether oxygens (including phenoxy) is 2. The van der Waals surface area contributed by atoms with Crippen LogP contribution in [-0.2, 0) is 9.47 Å². The van der Waals surface area contributed by atoms with Gasteiger partial charge in [0.2, 0.25) is 0 Å². The lowest BCUT2D eigenvalue weighted by atomic mass is 10.3. The largest absolute Gasteiger partial charge is 0.491 e. The highest BCUT2D eigenvalue weighted by Gasteiger charge is 2.24. The van der Waals surface area contributed by atoms with Crippen LogP contribution in [0.5, 0.6) is 0 Å². The van der Waals surface area contributed by atoms with Crippen LogP contribution in [-0.4, -0.2) is 25.9 Å². The first-order valence-electron chi connectivity index (χ1n) is 3.15. The van der Waals surface area contributed by atoms with Crippen molar-refractivity contribution in [3.63, 3.8) is 0 Å². The lowest BCUT2D eigenvalue weighted by Crippen LogP contribution is -2.27. The SMILES string of the molecule is C1=C2OCCOC2CN1. The minimum Gasteiger partial charge on any atom is -0.491 e. The Morgan fingerprint density at radius 3 is 3.44 bits per heavy atom. The highest BCUT2D eigenvalue weighted by molar-refractivity contribution is 5.08. The number of nitrogens with one attached hydrogen (secondary N) is 1. The van der Waals surface area contributed by atoms with E-state index in [9.17, 15) is 0 Å². The van der Waals surface area contributed by atoms with Crippen molar-refractivity contribution in [1.82, 2.24) is 5.32 Å². The van der Waals surface area contributed by atoms with Crippen LogP contribution in [0.1, 0.15) is 0 Å². The monoisotopic (exact) mass is 127 g/mol. The summed E-state index contributed by atoms with van der Waals surface area (Å²) in [6.45, 7) is 2.29. The maximum Gasteiger partial charge on any atom is 0.142 e. The zero-order chi connectivity index (χ0) is 6.10. The van der Waals surface area contributed by atoms with Crippen molar-refractivity contribution in [3.8, 4) is 0 Å². The van der Waals surface area contributed by atoms with Crippen molar-refractivity contribution in [1.29, 1.82) is 0 Å². The molecule has 1 saturated heterocycles. The molecule has 2 rings (SSSR count). The third-order valence-corrected chi connectivity index (χ3v) is 1.54. The van der Waals surface area contributed by atoms with Gasteiger partial charge in [0.05, 0.1) is 6.61 Å². The number of hydrogen-bond donors (Lipinski definition) is 1. The summed E-state index contributed by atoms with van der Waals surface area (Å²) >= 11 is 0. The van der Waals surface area contributed by atoms with Gasteiger partial charge in [-0.1, -0.05) is 0 Å². The van der Waals surface area contributed by atoms with Crippen molar-refractivity contribution in [2.75, 3.05) is 19.8 Å². The fourth-order valence-electron chi connectivity index (χ4n) is 1.09. The summed E-state index contributed by atoms with van der Waals surface area (Å²) in [5.74, 6) is 0.959. The van der Waals surface area contributed by atoms with E-state index in [1.165, 1.54) is 0 Å². The Bertz CT molecular complexity index is 144. The molecule has 0 amide bonds. The highest BCUT2D eigenvalue weighted by atomic mass is 16.6. The summed E-state index contributed by atoms with van der Waals surface area (Å²) in [6.07, 6.45) is 2.07. The molecule has 0 aromatic carbocycles. The van der Waals surface area contributed by atoms with Crippen LogP contribution in [0.25, 0.3) is 0 Å². The third-order valence-electron chi connectivity index (χ3n) is 1.54. The average molecular weight is 127 g/mol. The van der Waals surface area contributed by atoms with Crippen LogP contribution in [0.15, 0.2) is 12.0 Å². The van der Waals surface area contributed by atoms with Gasteiger partial charge in [0.15, 0.2) is 0 Å². The molecule has 0 saturated carbocycles. The van der Waals surface area contributed by atoms with Gasteiger partial charge in [0, 0.05) is 12.7 Å². The molecule has 0 radical (unpaired) electrons. The van der Waals surface area contributed by atoms with Crippen LogP contribution in [0.2, 0.25) is 0 Å². The smallest absolute Gasteiger partial charge is 0.142 e. The third kappa shape index (κ3) is 0.772. The molecule has 2 aliphatic heterocycles. The lowest BCUT2D eigenvalue weighted by Gasteiger charge is -2.20. The van der Waals surface area contributed by atoms with Crippen molar-refractivity contribution in [2.45, 2.75) is 6.10 Å². The molecule has 1 unspecified atom stereocenters. The van der Waals surface area contributed by atoms with Gasteiger partial charge in [0.25, 0.3) is 0 Å². The molecule has 50 valence electrons. The molecule has 1 fully saturated rings. The van der Waals surface area contributed by atoms with Crippen molar-refractivity contribution in [3.05, 3.63) is 12.0 Å². The van der Waals surface area contributed by atoms with Crippen LogP contribution in [0.3, 0.4) is 0 Å². The van der Waals surface area contributed by atoms with Crippen LogP contribution < -0.4 is 5.32 Å². The fourth-order valence-corrected chi connectivity index (χ4v) is 1.09. The molecule has 3 nitrogen and oxygen atoms in total. The molecule has 0 aromatic heterocycles. The van der Waals surface area contributed by atoms with Gasteiger partial charge in [-0.2, -0.15) is 0 Å². The minimum absolute atomic E-state index is 0.193. The second-order valence-electron chi connectivity index (χ2n) is 2.16. The Morgan fingerprint density at radius 2 is 2.56 bits per heavy atom. The van der Waals surface area contributed by atoms with E-state index < -0.39 is 0 Å². The van der Waals surface area contributed by atoms with Gasteiger partial charge in [0.1, 0.15) is 18.5 Å². The number of hydrogen-bond acceptors (Lipinski definition) is 3. The zero-order valence-corrected chi connectivity index (χ0v) is 5.09. The Morgan fingerprint density at radius 1 is 1.56 bits per heavy atom. The molecule has 0 spiro atoms. The highest BCUT2D eigenvalue weighted by Crippen LogP contribution is 2.15. The van der Waals surface area contributed by atoms with Gasteiger partial charge < -0.3 is 14.8 Å². The van der Waals surface area contributed by atoms with Gasteiger partial charge in [-0.3, -0.25) is 0 Å². The summed E-state index contributed by atoms with van der Waals surface area (Å²) in [5, 5.41) is 3.05. The van der Waals surface area contributed by atoms with E-state index in [1.807, 2.05) is 6.20 Å². The molecular weight excluding hydrogens is 118 g/mol. The molecule has 0 aromatic rings. The molecule has 0 aliphatic carbocycles. The first-order valence-corrected chi connectivity index (χ1v) is 3.15. The summed E-state index contributed by atoms with van der Waals surface area (Å²) in [7, 11) is 0. The van der Waals surface area contributed by atoms with Crippen molar-refractivity contribution in [2.24, 2.45) is 0 Å². The fraction of sp³-hybridized carbons (Fsp3) is 0.667. The van der Waals surface area contributed by atoms with Gasteiger partial charge >= 0.3 is 0 Å². The van der Waals surface area contributed by atoms with Gasteiger partial charge in [-0.15, -0.1) is 0 Å². The van der Waals surface area contributed by atoms with E-state index >= 15 is 0 Å². The van der Waals surface area contributed by atoms with E-state index in [4.69, 9.17) is 9.47 Å². The lowest BCUT2D eigenvalue weighted by molar-refractivity contribution is -0.0323. The van der Waals surface area contributed by atoms with Crippen LogP contribution in [0, 0.1) is 0 Å². The standard InChI is InChI=1S/C6H9NO2/c1-2-9-6-4-7-3-5(6)8-1/h3,6-7H,1-2,4H2. The number of rotatable bonds is 0. The van der Waals surface area contributed by atoms with E-state index in [0.29, 0.717) is 6.61 Å². The topological polar surface area (TPSA) is 30.5 Å². The second kappa shape index (κ2) is 1.92. The molecular formula is C6H9NO2. The zero-order valence-electron chi connectivity index (χ0n) is 5.09. The Hall–Kier alpha value is -0.700. The first kappa shape index (κ1) is 5.11. The van der Waals surface area contributed by atoms with Crippen molar-refractivity contribution < 1.29 is 9.47 Å². The predicted octanol–water partition coefficient (Wildman–Crippen LogP) is -0.154. The van der Waals surface area contributed by atoms with Crippen LogP contribution >= 0.6 is 0 Å². The van der Waals surface area contributed by atoms with Gasteiger partial charge in [-0.25, -0.2) is 0 Å². The molecule has 2 aliphatic rings. The number of fused-ring (bicyclic) bond motifs is 1. The minimum atomic E-state index is 0.193. The quantitative estimate of drug-likeness (QED) is 0.490. The summed E-state index contributed by atoms with van der Waals surface area (Å²) in [6, 6.07) is 0. The molecule has 2 heterocycles. The maximum atomic E-state index is 5.35. The van der Waals surface area contributed by atoms with E-state index in [0.717, 1.165) is 18.9 Å². The Balaban J connectivity index is 2.09. The normalized spacial score (nSPS) is 32.0. The molecule has 1 N–H and O–H groups in total. The maximum absolute atomic E-state index is 5.35. The Labute approximate surface area is 53.6 Å². The molecule has 1 atom stereocenters. The second-order valence-corrected chi connectivity index (χ2v) is 2.16. The molecule has 3 heteroatoms. The van der Waals surface area contributed by atoms with E-state index in [-0.39, 0.29) is 6.10 Å². The van der Waals surface area contributed by atoms with Crippen molar-refractivity contribution >= 4 is 0 Å². The average Bonchev–Trinajstić information content (AvgIpc) is 2.33. The Kier molecular flexibility index (Phi) is 1.09. The van der Waals surface area contributed by atoms with E-state index in [2.05, 4.69) is 5.32 Å². The van der Waals surface area contributed by atoms with Crippen LogP contribution in [0.4, 0.5) is 0 Å². The molecule has 9 heavy (non-hydrogen) atoms. The summed E-state index contributed by atoms with van der Waals surface area (Å²) in [5.41, 5.74) is 0.